The lowest BCUT2D eigenvalue weighted by atomic mass is 9.84. The van der Waals surface area contributed by atoms with Crippen LogP contribution in [-0.2, 0) is 25.6 Å². The van der Waals surface area contributed by atoms with Gasteiger partial charge in [0.2, 0.25) is 0 Å². The van der Waals surface area contributed by atoms with Gasteiger partial charge in [-0.3, -0.25) is 4.79 Å². The van der Waals surface area contributed by atoms with E-state index in [1.54, 1.807) is 0 Å². The van der Waals surface area contributed by atoms with Crippen molar-refractivity contribution in [2.75, 3.05) is 7.11 Å². The van der Waals surface area contributed by atoms with Crippen LogP contribution in [0.4, 0.5) is 4.79 Å². The van der Waals surface area contributed by atoms with Crippen molar-refractivity contribution >= 4 is 12.1 Å². The number of rotatable bonds is 4. The Morgan fingerprint density at radius 2 is 1.95 bits per heavy atom. The molecule has 2 aliphatic rings. The van der Waals surface area contributed by atoms with Crippen molar-refractivity contribution in [3.8, 4) is 0 Å². The predicted octanol–water partition coefficient (Wildman–Crippen LogP) is 1.63. The maximum Gasteiger partial charge on any atom is 0.407 e. The third kappa shape index (κ3) is 2.92. The van der Waals surface area contributed by atoms with Crippen LogP contribution < -0.4 is 5.32 Å². The van der Waals surface area contributed by atoms with Gasteiger partial charge in [-0.1, -0.05) is 30.3 Å². The summed E-state index contributed by atoms with van der Waals surface area (Å²) in [6.45, 7) is 0.192. The fourth-order valence-electron chi connectivity index (χ4n) is 3.20. The molecule has 2 bridgehead atoms. The lowest BCUT2D eigenvalue weighted by molar-refractivity contribution is -0.147. The third-order valence-electron chi connectivity index (χ3n) is 4.24. The first-order chi connectivity index (χ1) is 10.7. The number of esters is 1. The molecule has 0 radical (unpaired) electrons. The summed E-state index contributed by atoms with van der Waals surface area (Å²) in [5.74, 6) is -0.798. The van der Waals surface area contributed by atoms with Crippen LogP contribution in [0.25, 0.3) is 0 Å². The van der Waals surface area contributed by atoms with Crippen molar-refractivity contribution in [2.24, 2.45) is 5.92 Å². The first-order valence-electron chi connectivity index (χ1n) is 7.39. The highest BCUT2D eigenvalue weighted by Crippen LogP contribution is 2.39. The van der Waals surface area contributed by atoms with Gasteiger partial charge in [-0.2, -0.15) is 0 Å². The summed E-state index contributed by atoms with van der Waals surface area (Å²) >= 11 is 0. The van der Waals surface area contributed by atoms with Gasteiger partial charge in [-0.15, -0.1) is 0 Å². The largest absolute Gasteiger partial charge is 0.469 e. The first kappa shape index (κ1) is 14.8. The number of methoxy groups -OCH3 is 1. The highest BCUT2D eigenvalue weighted by Gasteiger charge is 2.53. The monoisotopic (exact) mass is 305 g/mol. The Morgan fingerprint density at radius 1 is 1.23 bits per heavy atom. The van der Waals surface area contributed by atoms with Crippen LogP contribution in [0, 0.1) is 5.92 Å². The minimum atomic E-state index is -0.543. The fourth-order valence-corrected chi connectivity index (χ4v) is 3.20. The van der Waals surface area contributed by atoms with Crippen molar-refractivity contribution in [3.05, 3.63) is 35.9 Å². The van der Waals surface area contributed by atoms with Crippen LogP contribution in [0.1, 0.15) is 18.4 Å². The number of alkyl carbamates (subject to hydrolysis) is 1. The van der Waals surface area contributed by atoms with Crippen LogP contribution >= 0.6 is 0 Å². The van der Waals surface area contributed by atoms with Gasteiger partial charge in [0.05, 0.1) is 25.4 Å². The van der Waals surface area contributed by atoms with Crippen LogP contribution in [-0.4, -0.2) is 37.4 Å². The Morgan fingerprint density at radius 3 is 2.68 bits per heavy atom. The molecule has 6 nitrogen and oxygen atoms in total. The number of benzene rings is 1. The van der Waals surface area contributed by atoms with E-state index in [9.17, 15) is 9.59 Å². The van der Waals surface area contributed by atoms with E-state index in [0.717, 1.165) is 18.4 Å². The summed E-state index contributed by atoms with van der Waals surface area (Å²) in [5.41, 5.74) is 0.909. The standard InChI is InChI=1S/C16H19NO5/c1-20-15(18)13-11-7-8-12(22-11)14(13)17-16(19)21-9-10-5-3-2-4-6-10/h2-6,11-14H,7-9H2,1H3,(H,17,19)/t11-,12+,13-,14+/m1/s1. The molecule has 0 saturated carbocycles. The molecule has 0 unspecified atom stereocenters. The third-order valence-corrected chi connectivity index (χ3v) is 4.24. The molecular weight excluding hydrogens is 286 g/mol. The molecule has 3 rings (SSSR count). The Labute approximate surface area is 128 Å². The molecular formula is C16H19NO5. The molecule has 4 atom stereocenters. The molecule has 1 amide bonds. The number of amides is 1. The molecule has 2 aliphatic heterocycles. The van der Waals surface area contributed by atoms with Crippen molar-refractivity contribution in [1.82, 2.24) is 5.32 Å². The number of nitrogens with one attached hydrogen (secondary N) is 1. The summed E-state index contributed by atoms with van der Waals surface area (Å²) in [4.78, 5) is 23.8. The van der Waals surface area contributed by atoms with Crippen LogP contribution in [0.15, 0.2) is 30.3 Å². The van der Waals surface area contributed by atoms with Gasteiger partial charge < -0.3 is 19.5 Å². The Bertz CT molecular complexity index is 547. The molecule has 22 heavy (non-hydrogen) atoms. The van der Waals surface area contributed by atoms with Gasteiger partial charge in [-0.05, 0) is 18.4 Å². The van der Waals surface area contributed by atoms with Crippen molar-refractivity contribution < 1.29 is 23.8 Å². The molecule has 2 fully saturated rings. The highest BCUT2D eigenvalue weighted by atomic mass is 16.6. The Hall–Kier alpha value is -2.08. The smallest absolute Gasteiger partial charge is 0.407 e. The topological polar surface area (TPSA) is 73.9 Å². The van der Waals surface area contributed by atoms with E-state index in [2.05, 4.69) is 5.32 Å². The van der Waals surface area contributed by atoms with Crippen LogP contribution in [0.2, 0.25) is 0 Å². The molecule has 1 aromatic rings. The highest BCUT2D eigenvalue weighted by molar-refractivity contribution is 5.76. The first-order valence-corrected chi connectivity index (χ1v) is 7.39. The van der Waals surface area contributed by atoms with Gasteiger partial charge >= 0.3 is 12.1 Å². The Kier molecular flexibility index (Phi) is 4.29. The minimum absolute atomic E-state index is 0.140. The number of carbonyl (C=O) groups excluding carboxylic acids is 2. The summed E-state index contributed by atoms with van der Waals surface area (Å²) in [6.07, 6.45) is 0.804. The zero-order valence-corrected chi connectivity index (χ0v) is 12.4. The lowest BCUT2D eigenvalue weighted by Crippen LogP contribution is -2.50. The van der Waals surface area contributed by atoms with E-state index in [1.807, 2.05) is 30.3 Å². The van der Waals surface area contributed by atoms with Crippen molar-refractivity contribution in [3.63, 3.8) is 0 Å². The summed E-state index contributed by atoms with van der Waals surface area (Å²) in [7, 11) is 1.35. The molecule has 1 N–H and O–H groups in total. The second-order valence-corrected chi connectivity index (χ2v) is 5.57. The van der Waals surface area contributed by atoms with E-state index in [1.165, 1.54) is 7.11 Å². The van der Waals surface area contributed by atoms with E-state index in [0.29, 0.717) is 0 Å². The van der Waals surface area contributed by atoms with Gasteiger partial charge in [0.1, 0.15) is 12.5 Å². The molecule has 118 valence electrons. The SMILES string of the molecule is COC(=O)[C@H]1[C@@H](NC(=O)OCc2ccccc2)[C@@H]2CC[C@H]1O2. The van der Waals surface area contributed by atoms with Gasteiger partial charge in [0, 0.05) is 0 Å². The zero-order chi connectivity index (χ0) is 15.5. The average molecular weight is 305 g/mol. The zero-order valence-electron chi connectivity index (χ0n) is 12.4. The minimum Gasteiger partial charge on any atom is -0.469 e. The number of ether oxygens (including phenoxy) is 3. The molecule has 0 spiro atoms. The molecule has 0 aromatic heterocycles. The van der Waals surface area contributed by atoms with Gasteiger partial charge in [0.25, 0.3) is 0 Å². The van der Waals surface area contributed by atoms with E-state index < -0.39 is 12.0 Å². The van der Waals surface area contributed by atoms with Crippen LogP contribution in [0.5, 0.6) is 0 Å². The van der Waals surface area contributed by atoms with E-state index >= 15 is 0 Å². The maximum absolute atomic E-state index is 12.0. The average Bonchev–Trinajstić information content (AvgIpc) is 3.14. The van der Waals surface area contributed by atoms with Gasteiger partial charge in [-0.25, -0.2) is 4.79 Å². The maximum atomic E-state index is 12.0. The number of carbonyl (C=O) groups is 2. The Balaban J connectivity index is 1.57. The van der Waals surface area contributed by atoms with E-state index in [-0.39, 0.29) is 30.8 Å². The number of hydrogen-bond donors (Lipinski definition) is 1. The predicted molar refractivity (Wildman–Crippen MR) is 77.0 cm³/mol. The summed E-state index contributed by atoms with van der Waals surface area (Å²) in [6, 6.07) is 9.05. The molecule has 2 saturated heterocycles. The molecule has 0 aliphatic carbocycles. The second-order valence-electron chi connectivity index (χ2n) is 5.57. The summed E-state index contributed by atoms with van der Waals surface area (Å²) < 4.78 is 15.7. The van der Waals surface area contributed by atoms with Crippen LogP contribution in [0.3, 0.4) is 0 Å². The molecule has 6 heteroatoms. The molecule has 1 aromatic carbocycles. The van der Waals surface area contributed by atoms with Gasteiger partial charge in [0.15, 0.2) is 0 Å². The van der Waals surface area contributed by atoms with Crippen molar-refractivity contribution in [1.29, 1.82) is 0 Å². The quantitative estimate of drug-likeness (QED) is 0.856. The number of fused-ring (bicyclic) bond motifs is 2. The fraction of sp³-hybridized carbons (Fsp3) is 0.500. The second kappa shape index (κ2) is 6.36. The normalized spacial score (nSPS) is 29.1. The molecule has 2 heterocycles. The number of hydrogen-bond acceptors (Lipinski definition) is 5. The van der Waals surface area contributed by atoms with Crippen molar-refractivity contribution in [2.45, 2.75) is 37.7 Å². The van der Waals surface area contributed by atoms with E-state index in [4.69, 9.17) is 14.2 Å². The lowest BCUT2D eigenvalue weighted by Gasteiger charge is -2.26. The summed E-state index contributed by atoms with van der Waals surface area (Å²) in [5, 5.41) is 2.76.